The Morgan fingerprint density at radius 2 is 1.02 bits per heavy atom. The second-order valence-corrected chi connectivity index (χ2v) is 12.6. The predicted octanol–water partition coefficient (Wildman–Crippen LogP) is 10.7. The van der Waals surface area contributed by atoms with Gasteiger partial charge in [0.1, 0.15) is 11.6 Å². The maximum absolute atomic E-state index is 14.4. The third kappa shape index (κ3) is 6.39. The zero-order chi connectivity index (χ0) is 31.5. The molecule has 0 fully saturated rings. The van der Waals surface area contributed by atoms with E-state index in [4.69, 9.17) is 9.97 Å². The number of hydrogen-bond acceptors (Lipinski definition) is 6. The lowest BCUT2D eigenvalue weighted by atomic mass is 9.99. The van der Waals surface area contributed by atoms with E-state index in [9.17, 15) is 8.78 Å². The molecule has 0 spiro atoms. The van der Waals surface area contributed by atoms with Crippen LogP contribution in [0.25, 0.3) is 22.5 Å². The van der Waals surface area contributed by atoms with Crippen molar-refractivity contribution in [3.8, 4) is 22.5 Å². The highest BCUT2D eigenvalue weighted by Crippen LogP contribution is 2.37. The highest BCUT2D eigenvalue weighted by molar-refractivity contribution is 7.14. The number of thiazole rings is 2. The Balaban J connectivity index is 1.19. The zero-order valence-electron chi connectivity index (χ0n) is 25.7. The van der Waals surface area contributed by atoms with Gasteiger partial charge in [-0.25, -0.2) is 18.7 Å². The fourth-order valence-corrected chi connectivity index (χ4v) is 7.48. The first-order valence-corrected chi connectivity index (χ1v) is 16.8. The molecule has 0 saturated heterocycles. The molecule has 0 bridgehead atoms. The molecule has 8 heteroatoms. The summed E-state index contributed by atoms with van der Waals surface area (Å²) in [6, 6.07) is 26.7. The third-order valence-corrected chi connectivity index (χ3v) is 9.62. The van der Waals surface area contributed by atoms with Gasteiger partial charge in [-0.05, 0) is 92.8 Å². The van der Waals surface area contributed by atoms with E-state index in [1.807, 2.05) is 22.9 Å². The van der Waals surface area contributed by atoms with Crippen LogP contribution in [0.4, 0.5) is 30.4 Å². The van der Waals surface area contributed by atoms with Crippen LogP contribution in [0, 0.1) is 25.5 Å². The predicted molar refractivity (Wildman–Crippen MR) is 186 cm³/mol. The summed E-state index contributed by atoms with van der Waals surface area (Å²) in [6.07, 6.45) is 0.809. The molecular formula is C37H34F2N4S2. The molecule has 0 aliphatic rings. The van der Waals surface area contributed by atoms with Gasteiger partial charge in [0.2, 0.25) is 0 Å². The molecule has 2 heterocycles. The maximum Gasteiger partial charge on any atom is 0.190 e. The Hall–Kier alpha value is -4.40. The van der Waals surface area contributed by atoms with E-state index in [0.29, 0.717) is 22.5 Å². The maximum atomic E-state index is 14.4. The number of halogens is 2. The molecule has 0 radical (unpaired) electrons. The van der Waals surface area contributed by atoms with Crippen LogP contribution in [0.5, 0.6) is 0 Å². The van der Waals surface area contributed by atoms with Crippen molar-refractivity contribution in [1.29, 1.82) is 0 Å². The van der Waals surface area contributed by atoms with Crippen LogP contribution < -0.4 is 9.80 Å². The normalized spacial score (nSPS) is 11.2. The Morgan fingerprint density at radius 3 is 1.40 bits per heavy atom. The largest absolute Gasteiger partial charge is 0.318 e. The first-order chi connectivity index (χ1) is 21.9. The topological polar surface area (TPSA) is 32.3 Å². The summed E-state index contributed by atoms with van der Waals surface area (Å²) in [4.78, 5) is 13.9. The van der Waals surface area contributed by atoms with Crippen molar-refractivity contribution in [1.82, 2.24) is 9.97 Å². The van der Waals surface area contributed by atoms with Crippen LogP contribution >= 0.6 is 22.7 Å². The Morgan fingerprint density at radius 1 is 0.600 bits per heavy atom. The zero-order valence-corrected chi connectivity index (χ0v) is 27.4. The fraction of sp³-hybridized carbons (Fsp3) is 0.189. The van der Waals surface area contributed by atoms with E-state index >= 15 is 0 Å². The van der Waals surface area contributed by atoms with E-state index in [1.165, 1.54) is 45.9 Å². The molecule has 0 unspecified atom stereocenters. The average Bonchev–Trinajstić information content (AvgIpc) is 3.72. The van der Waals surface area contributed by atoms with Gasteiger partial charge in [-0.3, -0.25) is 0 Å². The Bertz CT molecular complexity index is 1810. The van der Waals surface area contributed by atoms with Crippen LogP contribution in [-0.4, -0.2) is 23.1 Å². The Kier molecular flexibility index (Phi) is 9.05. The number of hydrogen-bond donors (Lipinski definition) is 0. The standard InChI is InChI=1S/C37H34F2N4S2/c1-5-42(36-40-32(22-44-36)28-11-7-9-13-30(28)38)34-17-15-26(19-24(34)3)21-27-16-18-35(25(4)20-27)43(6-2)37-41-33(23-45-37)29-12-8-10-14-31(29)39/h7-20,22-23H,5-6,21H2,1-4H3. The highest BCUT2D eigenvalue weighted by atomic mass is 32.1. The van der Waals surface area contributed by atoms with Gasteiger partial charge in [-0.15, -0.1) is 22.7 Å². The number of benzene rings is 4. The fourth-order valence-electron chi connectivity index (χ4n) is 5.68. The molecule has 6 rings (SSSR count). The molecule has 6 aromatic rings. The van der Waals surface area contributed by atoms with Crippen molar-refractivity contribution in [2.24, 2.45) is 0 Å². The summed E-state index contributed by atoms with van der Waals surface area (Å²) in [7, 11) is 0. The minimum absolute atomic E-state index is 0.263. The molecule has 45 heavy (non-hydrogen) atoms. The molecule has 4 nitrogen and oxygen atoms in total. The summed E-state index contributed by atoms with van der Waals surface area (Å²) in [5.41, 5.74) is 9.32. The van der Waals surface area contributed by atoms with Crippen molar-refractivity contribution >= 4 is 44.3 Å². The number of anilines is 4. The molecule has 0 saturated carbocycles. The average molecular weight is 637 g/mol. The molecule has 0 atom stereocenters. The second kappa shape index (κ2) is 13.3. The third-order valence-electron chi connectivity index (χ3n) is 7.89. The van der Waals surface area contributed by atoms with Crippen LogP contribution in [-0.2, 0) is 6.42 Å². The summed E-state index contributed by atoms with van der Waals surface area (Å²) in [6.45, 7) is 9.97. The van der Waals surface area contributed by atoms with Crippen LogP contribution in [0.1, 0.15) is 36.1 Å². The van der Waals surface area contributed by atoms with Gasteiger partial charge in [-0.1, -0.05) is 48.5 Å². The van der Waals surface area contributed by atoms with E-state index in [1.54, 1.807) is 24.3 Å². The van der Waals surface area contributed by atoms with E-state index in [2.05, 4.69) is 73.9 Å². The smallest absolute Gasteiger partial charge is 0.190 e. The molecule has 228 valence electrons. The minimum atomic E-state index is -0.263. The van der Waals surface area contributed by atoms with Gasteiger partial charge >= 0.3 is 0 Å². The van der Waals surface area contributed by atoms with Crippen LogP contribution in [0.3, 0.4) is 0 Å². The monoisotopic (exact) mass is 636 g/mol. The molecule has 4 aromatic carbocycles. The quantitative estimate of drug-likeness (QED) is 0.150. The number of aromatic nitrogens is 2. The van der Waals surface area contributed by atoms with E-state index < -0.39 is 0 Å². The number of nitrogens with zero attached hydrogens (tertiary/aromatic N) is 4. The van der Waals surface area contributed by atoms with Crippen molar-refractivity contribution in [3.05, 3.63) is 130 Å². The SMILES string of the molecule is CCN(c1nc(-c2ccccc2F)cs1)c1ccc(Cc2ccc(N(CC)c3nc(-c4ccccc4F)cs3)c(C)c2)cc1C. The molecule has 0 N–H and O–H groups in total. The second-order valence-electron chi connectivity index (χ2n) is 10.9. The Labute approximate surface area is 271 Å². The van der Waals surface area contributed by atoms with Gasteiger partial charge in [0.15, 0.2) is 10.3 Å². The first-order valence-electron chi connectivity index (χ1n) is 15.0. The molecule has 0 amide bonds. The van der Waals surface area contributed by atoms with Gasteiger partial charge in [0.05, 0.1) is 11.4 Å². The van der Waals surface area contributed by atoms with Crippen molar-refractivity contribution in [2.45, 2.75) is 34.1 Å². The summed E-state index contributed by atoms with van der Waals surface area (Å²) < 4.78 is 28.7. The molecule has 2 aromatic heterocycles. The molecular weight excluding hydrogens is 603 g/mol. The van der Waals surface area contributed by atoms with Gasteiger partial charge in [-0.2, -0.15) is 0 Å². The minimum Gasteiger partial charge on any atom is -0.318 e. The van der Waals surface area contributed by atoms with Crippen molar-refractivity contribution in [3.63, 3.8) is 0 Å². The van der Waals surface area contributed by atoms with E-state index in [-0.39, 0.29) is 11.6 Å². The van der Waals surface area contributed by atoms with Gasteiger partial charge in [0, 0.05) is 46.4 Å². The van der Waals surface area contributed by atoms with Crippen LogP contribution in [0.15, 0.2) is 95.7 Å². The van der Waals surface area contributed by atoms with Gasteiger partial charge < -0.3 is 9.80 Å². The van der Waals surface area contributed by atoms with E-state index in [0.717, 1.165) is 52.3 Å². The summed E-state index contributed by atoms with van der Waals surface area (Å²) in [5.74, 6) is -0.527. The lowest BCUT2D eigenvalue weighted by molar-refractivity contribution is 0.630. The summed E-state index contributed by atoms with van der Waals surface area (Å²) >= 11 is 3.05. The number of aryl methyl sites for hydroxylation is 2. The van der Waals surface area contributed by atoms with Crippen molar-refractivity contribution < 1.29 is 8.78 Å². The van der Waals surface area contributed by atoms with Crippen LogP contribution in [0.2, 0.25) is 0 Å². The van der Waals surface area contributed by atoms with Crippen molar-refractivity contribution in [2.75, 3.05) is 22.9 Å². The molecule has 0 aliphatic heterocycles. The lowest BCUT2D eigenvalue weighted by Gasteiger charge is -2.23. The number of rotatable bonds is 10. The lowest BCUT2D eigenvalue weighted by Crippen LogP contribution is -2.17. The summed E-state index contributed by atoms with van der Waals surface area (Å²) in [5, 5.41) is 5.53. The molecule has 0 aliphatic carbocycles. The van der Waals surface area contributed by atoms with Gasteiger partial charge in [0.25, 0.3) is 0 Å². The first kappa shape index (κ1) is 30.6. The highest BCUT2D eigenvalue weighted by Gasteiger charge is 2.18.